The smallest absolute Gasteiger partial charge is 0.237 e. The number of rotatable bonds is 4. The number of primary amides is 1. The van der Waals surface area contributed by atoms with E-state index in [2.05, 4.69) is 4.98 Å². The first-order valence-electron chi connectivity index (χ1n) is 5.83. The molecule has 0 aliphatic rings. The fraction of sp³-hybridized carbons (Fsp3) is 0.385. The average molecular weight is 266 g/mol. The van der Waals surface area contributed by atoms with Crippen LogP contribution in [0.15, 0.2) is 12.1 Å². The van der Waals surface area contributed by atoms with Crippen molar-refractivity contribution in [3.63, 3.8) is 0 Å². The molecule has 1 aromatic heterocycles. The predicted octanol–water partition coefficient (Wildman–Crippen LogP) is 1.92. The molecule has 0 spiro atoms. The SMILES string of the molecule is Cc1cc2nc(CCCl)n(CC(N)=O)c2cc1C. The van der Waals surface area contributed by atoms with Crippen molar-refractivity contribution in [2.45, 2.75) is 26.8 Å². The van der Waals surface area contributed by atoms with Gasteiger partial charge < -0.3 is 10.3 Å². The second-order valence-corrected chi connectivity index (χ2v) is 4.82. The molecule has 0 saturated heterocycles. The first-order chi connectivity index (χ1) is 8.52. The molecule has 1 aromatic carbocycles. The van der Waals surface area contributed by atoms with E-state index in [1.165, 1.54) is 11.1 Å². The van der Waals surface area contributed by atoms with Crippen LogP contribution in [0.25, 0.3) is 11.0 Å². The zero-order valence-electron chi connectivity index (χ0n) is 10.5. The number of nitrogens with zero attached hydrogens (tertiary/aromatic N) is 2. The van der Waals surface area contributed by atoms with E-state index in [0.29, 0.717) is 12.3 Å². The van der Waals surface area contributed by atoms with E-state index in [4.69, 9.17) is 17.3 Å². The van der Waals surface area contributed by atoms with Gasteiger partial charge in [-0.25, -0.2) is 4.98 Å². The summed E-state index contributed by atoms with van der Waals surface area (Å²) in [4.78, 5) is 15.7. The molecule has 0 atom stereocenters. The molecule has 0 unspecified atom stereocenters. The maximum Gasteiger partial charge on any atom is 0.237 e. The van der Waals surface area contributed by atoms with Crippen LogP contribution in [-0.4, -0.2) is 21.3 Å². The number of benzene rings is 1. The molecule has 1 amide bonds. The Kier molecular flexibility index (Phi) is 3.57. The topological polar surface area (TPSA) is 60.9 Å². The fourth-order valence-corrected chi connectivity index (χ4v) is 2.21. The molecule has 96 valence electrons. The fourth-order valence-electron chi connectivity index (χ4n) is 2.04. The van der Waals surface area contributed by atoms with E-state index < -0.39 is 0 Å². The summed E-state index contributed by atoms with van der Waals surface area (Å²) in [5.41, 5.74) is 9.47. The number of amides is 1. The van der Waals surface area contributed by atoms with E-state index in [1.54, 1.807) is 0 Å². The monoisotopic (exact) mass is 265 g/mol. The minimum atomic E-state index is -0.372. The first-order valence-corrected chi connectivity index (χ1v) is 6.37. The van der Waals surface area contributed by atoms with Gasteiger partial charge >= 0.3 is 0 Å². The number of carbonyl (C=O) groups excluding carboxylic acids is 1. The molecule has 2 N–H and O–H groups in total. The number of hydrogen-bond acceptors (Lipinski definition) is 2. The van der Waals surface area contributed by atoms with E-state index >= 15 is 0 Å². The molecule has 2 aromatic rings. The van der Waals surface area contributed by atoms with Crippen molar-refractivity contribution in [3.8, 4) is 0 Å². The van der Waals surface area contributed by atoms with Gasteiger partial charge in [-0.1, -0.05) is 0 Å². The highest BCUT2D eigenvalue weighted by Crippen LogP contribution is 2.21. The molecule has 2 rings (SSSR count). The Hall–Kier alpha value is -1.55. The molecular formula is C13H16ClN3O. The molecule has 0 fully saturated rings. The number of nitrogens with two attached hydrogens (primary N) is 1. The van der Waals surface area contributed by atoms with Gasteiger partial charge in [0.05, 0.1) is 11.0 Å². The van der Waals surface area contributed by atoms with Crippen molar-refractivity contribution in [3.05, 3.63) is 29.1 Å². The molecule has 5 heteroatoms. The highest BCUT2D eigenvalue weighted by Gasteiger charge is 2.13. The zero-order valence-corrected chi connectivity index (χ0v) is 11.3. The molecule has 0 bridgehead atoms. The lowest BCUT2D eigenvalue weighted by Crippen LogP contribution is -2.20. The summed E-state index contributed by atoms with van der Waals surface area (Å²) in [6.45, 7) is 4.23. The molecule has 0 radical (unpaired) electrons. The summed E-state index contributed by atoms with van der Waals surface area (Å²) in [6.07, 6.45) is 0.627. The lowest BCUT2D eigenvalue weighted by Gasteiger charge is -2.06. The van der Waals surface area contributed by atoms with Gasteiger partial charge in [0.1, 0.15) is 12.4 Å². The number of carbonyl (C=O) groups is 1. The third kappa shape index (κ3) is 2.34. The minimum absolute atomic E-state index is 0.144. The van der Waals surface area contributed by atoms with Gasteiger partial charge in [-0.15, -0.1) is 11.6 Å². The van der Waals surface area contributed by atoms with Gasteiger partial charge in [0.2, 0.25) is 5.91 Å². The van der Waals surface area contributed by atoms with Crippen LogP contribution in [0, 0.1) is 13.8 Å². The number of alkyl halides is 1. The zero-order chi connectivity index (χ0) is 13.3. The van der Waals surface area contributed by atoms with Crippen molar-refractivity contribution in [2.24, 2.45) is 5.73 Å². The summed E-state index contributed by atoms with van der Waals surface area (Å²) in [5.74, 6) is 0.909. The third-order valence-electron chi connectivity index (χ3n) is 3.07. The van der Waals surface area contributed by atoms with Crippen molar-refractivity contribution in [1.29, 1.82) is 0 Å². The van der Waals surface area contributed by atoms with Crippen LogP contribution in [0.4, 0.5) is 0 Å². The molecule has 0 saturated carbocycles. The predicted molar refractivity (Wildman–Crippen MR) is 72.8 cm³/mol. The quantitative estimate of drug-likeness (QED) is 0.859. The number of hydrogen-bond donors (Lipinski definition) is 1. The van der Waals surface area contributed by atoms with Gasteiger partial charge in [-0.2, -0.15) is 0 Å². The van der Waals surface area contributed by atoms with Crippen molar-refractivity contribution >= 4 is 28.5 Å². The van der Waals surface area contributed by atoms with Crippen LogP contribution in [0.5, 0.6) is 0 Å². The Balaban J connectivity index is 2.64. The summed E-state index contributed by atoms with van der Waals surface area (Å²) < 4.78 is 1.85. The summed E-state index contributed by atoms with van der Waals surface area (Å²) in [7, 11) is 0. The van der Waals surface area contributed by atoms with Crippen LogP contribution in [-0.2, 0) is 17.8 Å². The number of imidazole rings is 1. The number of aromatic nitrogens is 2. The van der Waals surface area contributed by atoms with Crippen LogP contribution < -0.4 is 5.73 Å². The molecule has 4 nitrogen and oxygen atoms in total. The number of halogens is 1. The average Bonchev–Trinajstić information content (AvgIpc) is 2.58. The van der Waals surface area contributed by atoms with Crippen LogP contribution in [0.3, 0.4) is 0 Å². The van der Waals surface area contributed by atoms with Crippen molar-refractivity contribution < 1.29 is 4.79 Å². The van der Waals surface area contributed by atoms with E-state index in [0.717, 1.165) is 16.9 Å². The maximum atomic E-state index is 11.2. The summed E-state index contributed by atoms with van der Waals surface area (Å²) >= 11 is 5.77. The lowest BCUT2D eigenvalue weighted by atomic mass is 10.1. The Labute approximate surface area is 111 Å². The van der Waals surface area contributed by atoms with Gasteiger partial charge in [-0.3, -0.25) is 4.79 Å². The lowest BCUT2D eigenvalue weighted by molar-refractivity contribution is -0.118. The van der Waals surface area contributed by atoms with E-state index in [9.17, 15) is 4.79 Å². The second kappa shape index (κ2) is 4.98. The Morgan fingerprint density at radius 1 is 1.39 bits per heavy atom. The maximum absolute atomic E-state index is 11.2. The van der Waals surface area contributed by atoms with E-state index in [-0.39, 0.29) is 12.5 Å². The summed E-state index contributed by atoms with van der Waals surface area (Å²) in [6, 6.07) is 4.07. The van der Waals surface area contributed by atoms with Gasteiger partial charge in [0.15, 0.2) is 0 Å². The molecule has 1 heterocycles. The largest absolute Gasteiger partial charge is 0.368 e. The molecule has 18 heavy (non-hydrogen) atoms. The molecule has 0 aliphatic carbocycles. The van der Waals surface area contributed by atoms with Crippen molar-refractivity contribution in [1.82, 2.24) is 9.55 Å². The first kappa shape index (κ1) is 12.9. The standard InChI is InChI=1S/C13H16ClN3O/c1-8-5-10-11(6-9(8)2)17(7-12(15)18)13(16-10)3-4-14/h5-6H,3-4,7H2,1-2H3,(H2,15,18). The summed E-state index contributed by atoms with van der Waals surface area (Å²) in [5, 5.41) is 0. The van der Waals surface area contributed by atoms with Crippen LogP contribution >= 0.6 is 11.6 Å². The van der Waals surface area contributed by atoms with Crippen LogP contribution in [0.1, 0.15) is 17.0 Å². The normalized spacial score (nSPS) is 11.1. The minimum Gasteiger partial charge on any atom is -0.368 e. The second-order valence-electron chi connectivity index (χ2n) is 4.44. The third-order valence-corrected chi connectivity index (χ3v) is 3.26. The van der Waals surface area contributed by atoms with E-state index in [1.807, 2.05) is 30.5 Å². The van der Waals surface area contributed by atoms with Gasteiger partial charge in [-0.05, 0) is 37.1 Å². The highest BCUT2D eigenvalue weighted by atomic mass is 35.5. The van der Waals surface area contributed by atoms with Gasteiger partial charge in [0, 0.05) is 12.3 Å². The molecule has 0 aliphatic heterocycles. The Morgan fingerprint density at radius 3 is 2.67 bits per heavy atom. The highest BCUT2D eigenvalue weighted by molar-refractivity contribution is 6.17. The van der Waals surface area contributed by atoms with Gasteiger partial charge in [0.25, 0.3) is 0 Å². The number of aryl methyl sites for hydroxylation is 3. The van der Waals surface area contributed by atoms with Crippen molar-refractivity contribution in [2.75, 3.05) is 5.88 Å². The van der Waals surface area contributed by atoms with Crippen LogP contribution in [0.2, 0.25) is 0 Å². The Morgan fingerprint density at radius 2 is 2.06 bits per heavy atom. The number of fused-ring (bicyclic) bond motifs is 1. The Bertz CT molecular complexity index is 604. The molecular weight excluding hydrogens is 250 g/mol.